The van der Waals surface area contributed by atoms with Crippen molar-refractivity contribution in [1.29, 1.82) is 0 Å². The number of ether oxygens (including phenoxy) is 1. The van der Waals surface area contributed by atoms with Crippen LogP contribution in [0.3, 0.4) is 0 Å². The molecule has 0 saturated carbocycles. The second-order valence-electron chi connectivity index (χ2n) is 3.53. The van der Waals surface area contributed by atoms with Crippen LogP contribution in [0, 0.1) is 0 Å². The van der Waals surface area contributed by atoms with Crippen molar-refractivity contribution in [1.82, 2.24) is 4.98 Å². The van der Waals surface area contributed by atoms with Crippen molar-refractivity contribution in [2.45, 2.75) is 5.03 Å². The number of sulfone groups is 1. The number of carbonyl (C=O) groups excluding carboxylic acids is 1. The Morgan fingerprint density at radius 2 is 1.95 bits per heavy atom. The second kappa shape index (κ2) is 5.63. The molecule has 0 aliphatic rings. The molecule has 0 aliphatic carbocycles. The highest BCUT2D eigenvalue weighted by molar-refractivity contribution is 7.94. The predicted octanol–water partition coefficient (Wildman–Crippen LogP) is -1.07. The van der Waals surface area contributed by atoms with Gasteiger partial charge >= 0.3 is 5.97 Å². The maximum absolute atomic E-state index is 11.9. The minimum absolute atomic E-state index is 0.251. The number of nitrogens with two attached hydrogens (primary N) is 1. The van der Waals surface area contributed by atoms with E-state index < -0.39 is 42.4 Å². The molecule has 0 amide bonds. The molecule has 0 aliphatic heterocycles. The van der Waals surface area contributed by atoms with Gasteiger partial charge in [0, 0.05) is 6.20 Å². The van der Waals surface area contributed by atoms with E-state index in [1.165, 1.54) is 18.3 Å². The van der Waals surface area contributed by atoms with E-state index in [0.717, 1.165) is 7.11 Å². The van der Waals surface area contributed by atoms with Crippen molar-refractivity contribution < 1.29 is 26.4 Å². The Hall–Kier alpha value is -1.52. The van der Waals surface area contributed by atoms with Crippen LogP contribution < -0.4 is 5.14 Å². The number of primary sulfonamides is 1. The molecular formula is C9H12N2O6S2. The fraction of sp³-hybridized carbons (Fsp3) is 0.333. The lowest BCUT2D eigenvalue weighted by molar-refractivity contribution is 0.0595. The van der Waals surface area contributed by atoms with Crippen molar-refractivity contribution in [3.63, 3.8) is 0 Å². The number of carbonyl (C=O) groups is 1. The van der Waals surface area contributed by atoms with E-state index in [4.69, 9.17) is 5.14 Å². The molecule has 0 fully saturated rings. The Balaban J connectivity index is 3.19. The molecule has 2 N–H and O–H groups in total. The van der Waals surface area contributed by atoms with Gasteiger partial charge in [-0.25, -0.2) is 31.8 Å². The smallest absolute Gasteiger partial charge is 0.340 e. The molecule has 0 aromatic carbocycles. The average molecular weight is 308 g/mol. The van der Waals surface area contributed by atoms with E-state index in [-0.39, 0.29) is 5.56 Å². The van der Waals surface area contributed by atoms with E-state index in [1.807, 2.05) is 0 Å². The quantitative estimate of drug-likeness (QED) is 0.684. The highest BCUT2D eigenvalue weighted by Crippen LogP contribution is 2.15. The van der Waals surface area contributed by atoms with Gasteiger partial charge in [-0.3, -0.25) is 0 Å². The van der Waals surface area contributed by atoms with Gasteiger partial charge in [-0.2, -0.15) is 0 Å². The number of rotatable bonds is 5. The summed E-state index contributed by atoms with van der Waals surface area (Å²) >= 11 is 0. The van der Waals surface area contributed by atoms with Gasteiger partial charge in [-0.15, -0.1) is 0 Å². The van der Waals surface area contributed by atoms with Crippen molar-refractivity contribution in [2.75, 3.05) is 18.6 Å². The van der Waals surface area contributed by atoms with Gasteiger partial charge in [0.05, 0.1) is 24.2 Å². The van der Waals surface area contributed by atoms with Crippen LogP contribution in [-0.2, 0) is 24.6 Å². The van der Waals surface area contributed by atoms with Gasteiger partial charge in [-0.05, 0) is 12.1 Å². The molecule has 10 heteroatoms. The summed E-state index contributed by atoms with van der Waals surface area (Å²) in [5.74, 6) is -2.39. The summed E-state index contributed by atoms with van der Waals surface area (Å²) in [6.07, 6.45) is 1.18. The number of esters is 1. The fourth-order valence-electron chi connectivity index (χ4n) is 1.23. The summed E-state index contributed by atoms with van der Waals surface area (Å²) in [4.78, 5) is 15.0. The largest absolute Gasteiger partial charge is 0.465 e. The summed E-state index contributed by atoms with van der Waals surface area (Å²) in [7, 11) is -6.88. The number of sulfonamides is 1. The van der Waals surface area contributed by atoms with E-state index in [9.17, 15) is 21.6 Å². The summed E-state index contributed by atoms with van der Waals surface area (Å²) in [5, 5.41) is 4.22. The monoisotopic (exact) mass is 308 g/mol. The van der Waals surface area contributed by atoms with Crippen molar-refractivity contribution in [2.24, 2.45) is 5.14 Å². The third kappa shape index (κ3) is 4.26. The molecule has 106 valence electrons. The van der Waals surface area contributed by atoms with Crippen molar-refractivity contribution >= 4 is 25.8 Å². The van der Waals surface area contributed by atoms with Crippen LogP contribution >= 0.6 is 0 Å². The first-order valence-corrected chi connectivity index (χ1v) is 8.31. The topological polar surface area (TPSA) is 133 Å². The summed E-state index contributed by atoms with van der Waals surface area (Å²) in [6.45, 7) is 0. The van der Waals surface area contributed by atoms with Gasteiger partial charge in [0.1, 0.15) is 0 Å². The summed E-state index contributed by atoms with van der Waals surface area (Å²) < 4.78 is 49.9. The van der Waals surface area contributed by atoms with Gasteiger partial charge in [0.25, 0.3) is 0 Å². The molecule has 0 saturated heterocycles. The van der Waals surface area contributed by atoms with Gasteiger partial charge in [0.15, 0.2) is 14.9 Å². The van der Waals surface area contributed by atoms with Gasteiger partial charge in [0.2, 0.25) is 10.0 Å². The fourth-order valence-corrected chi connectivity index (χ4v) is 3.93. The van der Waals surface area contributed by atoms with Crippen molar-refractivity contribution in [3.8, 4) is 0 Å². The molecule has 0 radical (unpaired) electrons. The average Bonchev–Trinajstić information content (AvgIpc) is 2.35. The first-order chi connectivity index (χ1) is 8.67. The van der Waals surface area contributed by atoms with Crippen molar-refractivity contribution in [3.05, 3.63) is 23.9 Å². The van der Waals surface area contributed by atoms with Gasteiger partial charge < -0.3 is 4.74 Å². The molecule has 1 rings (SSSR count). The molecule has 0 atom stereocenters. The van der Waals surface area contributed by atoms with Crippen LogP contribution in [0.25, 0.3) is 0 Å². The Bertz CT molecular complexity index is 680. The number of methoxy groups -OCH3 is 1. The maximum Gasteiger partial charge on any atom is 0.340 e. The maximum atomic E-state index is 11.9. The molecular weight excluding hydrogens is 296 g/mol. The van der Waals surface area contributed by atoms with Crippen LogP contribution in [0.5, 0.6) is 0 Å². The number of aromatic nitrogens is 1. The third-order valence-electron chi connectivity index (χ3n) is 2.11. The zero-order chi connectivity index (χ0) is 14.7. The SMILES string of the molecule is COC(=O)c1cccnc1S(=O)(=O)CCS(N)(=O)=O. The van der Waals surface area contributed by atoms with Crippen LogP contribution in [0.2, 0.25) is 0 Å². The minimum atomic E-state index is -4.05. The summed E-state index contributed by atoms with van der Waals surface area (Å²) in [6, 6.07) is 2.59. The molecule has 8 nitrogen and oxygen atoms in total. The molecule has 0 bridgehead atoms. The lowest BCUT2D eigenvalue weighted by Gasteiger charge is -2.07. The minimum Gasteiger partial charge on any atom is -0.465 e. The molecule has 1 aromatic rings. The van der Waals surface area contributed by atoms with E-state index >= 15 is 0 Å². The standard InChI is InChI=1S/C9H12N2O6S2/c1-17-9(12)7-3-2-4-11-8(7)18(13,14)5-6-19(10,15)16/h2-4H,5-6H2,1H3,(H2,10,15,16). The normalized spacial score (nSPS) is 12.1. The number of hydrogen-bond acceptors (Lipinski definition) is 7. The Labute approximate surface area is 110 Å². The number of hydrogen-bond donors (Lipinski definition) is 1. The summed E-state index contributed by atoms with van der Waals surface area (Å²) in [5.41, 5.74) is -0.251. The molecule has 1 aromatic heterocycles. The van der Waals surface area contributed by atoms with E-state index in [2.05, 4.69) is 9.72 Å². The Kier molecular flexibility index (Phi) is 4.61. The first kappa shape index (κ1) is 15.5. The van der Waals surface area contributed by atoms with E-state index in [0.29, 0.717) is 0 Å². The zero-order valence-electron chi connectivity index (χ0n) is 9.94. The lowest BCUT2D eigenvalue weighted by atomic mass is 10.3. The van der Waals surface area contributed by atoms with Crippen LogP contribution in [0.4, 0.5) is 0 Å². The lowest BCUT2D eigenvalue weighted by Crippen LogP contribution is -2.24. The van der Waals surface area contributed by atoms with Crippen LogP contribution in [-0.4, -0.2) is 46.4 Å². The van der Waals surface area contributed by atoms with Crippen LogP contribution in [0.1, 0.15) is 10.4 Å². The number of pyridine rings is 1. The Morgan fingerprint density at radius 3 is 2.47 bits per heavy atom. The molecule has 19 heavy (non-hydrogen) atoms. The predicted molar refractivity (Wildman–Crippen MR) is 65.6 cm³/mol. The third-order valence-corrected chi connectivity index (χ3v) is 4.80. The zero-order valence-corrected chi connectivity index (χ0v) is 11.6. The molecule has 0 unspecified atom stereocenters. The number of nitrogens with zero attached hydrogens (tertiary/aromatic N) is 1. The van der Waals surface area contributed by atoms with Gasteiger partial charge in [-0.1, -0.05) is 0 Å². The Morgan fingerprint density at radius 1 is 1.32 bits per heavy atom. The van der Waals surface area contributed by atoms with E-state index in [1.54, 1.807) is 0 Å². The molecule has 1 heterocycles. The highest BCUT2D eigenvalue weighted by atomic mass is 32.2. The first-order valence-electron chi connectivity index (χ1n) is 4.94. The highest BCUT2D eigenvalue weighted by Gasteiger charge is 2.25. The molecule has 0 spiro atoms. The second-order valence-corrected chi connectivity index (χ2v) is 7.29. The van der Waals surface area contributed by atoms with Crippen LogP contribution in [0.15, 0.2) is 23.4 Å².